The number of benzene rings is 2. The predicted octanol–water partition coefficient (Wildman–Crippen LogP) is 4.33. The Hall–Kier alpha value is -1.30. The topological polar surface area (TPSA) is 0 Å². The predicted molar refractivity (Wildman–Crippen MR) is 66.1 cm³/mol. The molecule has 2 aromatic rings. The Morgan fingerprint density at radius 2 is 1.87 bits per heavy atom. The van der Waals surface area contributed by atoms with E-state index in [0.717, 1.165) is 6.42 Å². The van der Waals surface area contributed by atoms with Gasteiger partial charge >= 0.3 is 0 Å². The summed E-state index contributed by atoms with van der Waals surface area (Å²) in [5.74, 6) is 0. The average Bonchev–Trinajstić information content (AvgIpc) is 2.28. The van der Waals surface area contributed by atoms with Crippen molar-refractivity contribution in [3.8, 4) is 0 Å². The van der Waals surface area contributed by atoms with Crippen LogP contribution in [0.4, 0.5) is 0 Å². The van der Waals surface area contributed by atoms with E-state index in [0.29, 0.717) is 0 Å². The van der Waals surface area contributed by atoms with E-state index in [9.17, 15) is 0 Å². The minimum atomic E-state index is 0.209. The van der Waals surface area contributed by atoms with Crippen LogP contribution in [0.1, 0.15) is 32.8 Å². The van der Waals surface area contributed by atoms with Crippen LogP contribution in [0.15, 0.2) is 36.4 Å². The molecular formula is C15H17. The first-order valence-electron chi connectivity index (χ1n) is 5.55. The van der Waals surface area contributed by atoms with Crippen LogP contribution in [0.3, 0.4) is 0 Å². The van der Waals surface area contributed by atoms with Gasteiger partial charge in [0.25, 0.3) is 0 Å². The minimum Gasteiger partial charge on any atom is -0.0646 e. The van der Waals surface area contributed by atoms with Gasteiger partial charge in [-0.1, -0.05) is 57.2 Å². The summed E-state index contributed by atoms with van der Waals surface area (Å²) in [4.78, 5) is 0. The van der Waals surface area contributed by atoms with Crippen LogP contribution >= 0.6 is 0 Å². The van der Waals surface area contributed by atoms with Crippen molar-refractivity contribution in [2.75, 3.05) is 0 Å². The fraction of sp³-hybridized carbons (Fsp3) is 0.333. The number of fused-ring (bicyclic) bond motifs is 1. The smallest absolute Gasteiger partial charge is 0.00939 e. The molecule has 2 aromatic carbocycles. The van der Waals surface area contributed by atoms with Crippen LogP contribution in [-0.2, 0) is 5.41 Å². The molecule has 0 saturated carbocycles. The van der Waals surface area contributed by atoms with Crippen LogP contribution in [0, 0.1) is 6.07 Å². The van der Waals surface area contributed by atoms with Gasteiger partial charge in [-0.25, -0.2) is 0 Å². The maximum Gasteiger partial charge on any atom is -0.00939 e. The molecule has 0 N–H and O–H groups in total. The molecule has 0 atom stereocenters. The van der Waals surface area contributed by atoms with Crippen molar-refractivity contribution in [2.24, 2.45) is 0 Å². The Morgan fingerprint density at radius 1 is 1.13 bits per heavy atom. The average molecular weight is 197 g/mol. The van der Waals surface area contributed by atoms with Gasteiger partial charge in [-0.2, -0.15) is 0 Å². The number of hydrogen-bond donors (Lipinski definition) is 0. The van der Waals surface area contributed by atoms with E-state index in [-0.39, 0.29) is 5.41 Å². The van der Waals surface area contributed by atoms with Crippen molar-refractivity contribution in [1.29, 1.82) is 0 Å². The van der Waals surface area contributed by atoms with Crippen LogP contribution in [-0.4, -0.2) is 0 Å². The van der Waals surface area contributed by atoms with E-state index in [2.05, 4.69) is 57.2 Å². The zero-order valence-electron chi connectivity index (χ0n) is 9.67. The summed E-state index contributed by atoms with van der Waals surface area (Å²) in [6, 6.07) is 16.1. The van der Waals surface area contributed by atoms with Crippen molar-refractivity contribution in [3.63, 3.8) is 0 Å². The molecule has 0 heterocycles. The van der Waals surface area contributed by atoms with Gasteiger partial charge in [0, 0.05) is 0 Å². The van der Waals surface area contributed by atoms with Crippen molar-refractivity contribution in [3.05, 3.63) is 48.0 Å². The summed E-state index contributed by atoms with van der Waals surface area (Å²) in [7, 11) is 0. The number of rotatable bonds is 2. The van der Waals surface area contributed by atoms with Gasteiger partial charge in [0.1, 0.15) is 0 Å². The minimum absolute atomic E-state index is 0.209. The molecule has 0 nitrogen and oxygen atoms in total. The highest BCUT2D eigenvalue weighted by Gasteiger charge is 2.20. The molecule has 0 spiro atoms. The fourth-order valence-electron chi connectivity index (χ4n) is 1.90. The van der Waals surface area contributed by atoms with E-state index in [1.807, 2.05) is 6.07 Å². The third kappa shape index (κ3) is 1.77. The lowest BCUT2D eigenvalue weighted by atomic mass is 9.80. The van der Waals surface area contributed by atoms with Gasteiger partial charge in [0.05, 0.1) is 0 Å². The fourth-order valence-corrected chi connectivity index (χ4v) is 1.90. The summed E-state index contributed by atoms with van der Waals surface area (Å²) in [5, 5.41) is 2.65. The molecule has 1 radical (unpaired) electrons. The van der Waals surface area contributed by atoms with Crippen molar-refractivity contribution in [2.45, 2.75) is 32.6 Å². The molecule has 0 heteroatoms. The summed E-state index contributed by atoms with van der Waals surface area (Å²) in [6.45, 7) is 6.80. The molecule has 0 bridgehead atoms. The highest BCUT2D eigenvalue weighted by molar-refractivity contribution is 5.86. The molecule has 0 unspecified atom stereocenters. The first-order chi connectivity index (χ1) is 7.15. The van der Waals surface area contributed by atoms with E-state index in [1.54, 1.807) is 0 Å². The second-order valence-electron chi connectivity index (χ2n) is 4.68. The van der Waals surface area contributed by atoms with Gasteiger partial charge in [-0.05, 0) is 34.2 Å². The largest absolute Gasteiger partial charge is 0.0646 e. The zero-order chi connectivity index (χ0) is 10.9. The molecule has 0 aliphatic rings. The summed E-state index contributed by atoms with van der Waals surface area (Å²) in [5.41, 5.74) is 1.55. The lowest BCUT2D eigenvalue weighted by Gasteiger charge is -2.24. The molecule has 2 rings (SSSR count). The third-order valence-electron chi connectivity index (χ3n) is 3.28. The van der Waals surface area contributed by atoms with Gasteiger partial charge in [0.15, 0.2) is 0 Å². The highest BCUT2D eigenvalue weighted by Crippen LogP contribution is 2.32. The first kappa shape index (κ1) is 10.2. The van der Waals surface area contributed by atoms with Gasteiger partial charge in [-0.15, -0.1) is 0 Å². The van der Waals surface area contributed by atoms with E-state index < -0.39 is 0 Å². The Balaban J connectivity index is 2.71. The van der Waals surface area contributed by atoms with Gasteiger partial charge < -0.3 is 0 Å². The standard InChI is InChI=1S/C15H17/c1-4-15(2,3)14-11-7-9-12-8-5-6-10-13(12)14/h5-10H,4H2,1-3H3. The quantitative estimate of drug-likeness (QED) is 0.672. The van der Waals surface area contributed by atoms with Crippen LogP contribution in [0.25, 0.3) is 10.8 Å². The Morgan fingerprint density at radius 3 is 2.60 bits per heavy atom. The maximum absolute atomic E-state index is 3.40. The number of hydrogen-bond acceptors (Lipinski definition) is 0. The van der Waals surface area contributed by atoms with Crippen molar-refractivity contribution in [1.82, 2.24) is 0 Å². The SMILES string of the molecule is CCC(C)(C)c1[c]ccc2ccccc12. The molecule has 77 valence electrons. The van der Waals surface area contributed by atoms with Crippen LogP contribution < -0.4 is 0 Å². The zero-order valence-corrected chi connectivity index (χ0v) is 9.67. The molecule has 0 amide bonds. The van der Waals surface area contributed by atoms with Gasteiger partial charge in [-0.3, -0.25) is 0 Å². The highest BCUT2D eigenvalue weighted by atomic mass is 14.2. The lowest BCUT2D eigenvalue weighted by molar-refractivity contribution is 0.510. The van der Waals surface area contributed by atoms with E-state index in [1.165, 1.54) is 16.3 Å². The molecule has 0 aliphatic heterocycles. The second kappa shape index (κ2) is 3.69. The monoisotopic (exact) mass is 197 g/mol. The van der Waals surface area contributed by atoms with Crippen LogP contribution in [0.5, 0.6) is 0 Å². The maximum atomic E-state index is 3.40. The molecule has 0 aromatic heterocycles. The van der Waals surface area contributed by atoms with Crippen LogP contribution in [0.2, 0.25) is 0 Å². The lowest BCUT2D eigenvalue weighted by Crippen LogP contribution is -2.15. The normalized spacial score (nSPS) is 11.9. The molecule has 0 saturated heterocycles. The summed E-state index contributed by atoms with van der Waals surface area (Å²) < 4.78 is 0. The summed E-state index contributed by atoms with van der Waals surface area (Å²) >= 11 is 0. The third-order valence-corrected chi connectivity index (χ3v) is 3.28. The Bertz CT molecular complexity index is 461. The first-order valence-corrected chi connectivity index (χ1v) is 5.55. The second-order valence-corrected chi connectivity index (χ2v) is 4.68. The molecular weight excluding hydrogens is 180 g/mol. The van der Waals surface area contributed by atoms with E-state index >= 15 is 0 Å². The van der Waals surface area contributed by atoms with Crippen molar-refractivity contribution < 1.29 is 0 Å². The molecule has 15 heavy (non-hydrogen) atoms. The molecule has 0 fully saturated rings. The Labute approximate surface area is 91.9 Å². The van der Waals surface area contributed by atoms with E-state index in [4.69, 9.17) is 0 Å². The van der Waals surface area contributed by atoms with Crippen molar-refractivity contribution >= 4 is 10.8 Å². The summed E-state index contributed by atoms with van der Waals surface area (Å²) in [6.07, 6.45) is 1.14. The Kier molecular flexibility index (Phi) is 2.52. The molecule has 0 aliphatic carbocycles. The van der Waals surface area contributed by atoms with Gasteiger partial charge in [0.2, 0.25) is 0 Å².